The second-order valence-corrected chi connectivity index (χ2v) is 4.97. The number of ether oxygens (including phenoxy) is 2. The van der Waals surface area contributed by atoms with Crippen LogP contribution in [0.4, 0.5) is 8.78 Å². The Bertz CT molecular complexity index is 411. The molecule has 3 nitrogen and oxygen atoms in total. The first kappa shape index (κ1) is 16.7. The molecule has 20 heavy (non-hydrogen) atoms. The maximum Gasteiger partial charge on any atom is 0.387 e. The Kier molecular flexibility index (Phi) is 6.71. The van der Waals surface area contributed by atoms with Gasteiger partial charge in [-0.15, -0.1) is 0 Å². The van der Waals surface area contributed by atoms with E-state index in [1.165, 1.54) is 7.11 Å². The molecule has 0 heterocycles. The SMILES string of the molecule is CC[C@@H](NCc1cccc(OC)c1OC(F)F)C(C)C. The molecule has 0 unspecified atom stereocenters. The van der Waals surface area contributed by atoms with Crippen molar-refractivity contribution in [2.75, 3.05) is 7.11 Å². The monoisotopic (exact) mass is 287 g/mol. The van der Waals surface area contributed by atoms with Crippen LogP contribution in [0.1, 0.15) is 32.8 Å². The van der Waals surface area contributed by atoms with E-state index in [2.05, 4.69) is 30.8 Å². The molecule has 5 heteroatoms. The van der Waals surface area contributed by atoms with Crippen LogP contribution in [0.25, 0.3) is 0 Å². The van der Waals surface area contributed by atoms with E-state index in [0.717, 1.165) is 6.42 Å². The van der Waals surface area contributed by atoms with Crippen LogP contribution in [0.3, 0.4) is 0 Å². The van der Waals surface area contributed by atoms with Crippen LogP contribution in [0, 0.1) is 5.92 Å². The summed E-state index contributed by atoms with van der Waals surface area (Å²) in [7, 11) is 1.44. The van der Waals surface area contributed by atoms with Crippen molar-refractivity contribution in [1.29, 1.82) is 0 Å². The predicted molar refractivity (Wildman–Crippen MR) is 75.4 cm³/mol. The predicted octanol–water partition coefficient (Wildman–Crippen LogP) is 3.82. The van der Waals surface area contributed by atoms with Crippen molar-refractivity contribution in [3.63, 3.8) is 0 Å². The lowest BCUT2D eigenvalue weighted by molar-refractivity contribution is -0.0519. The molecule has 0 radical (unpaired) electrons. The molecular weight excluding hydrogens is 264 g/mol. The summed E-state index contributed by atoms with van der Waals surface area (Å²) in [6, 6.07) is 5.48. The van der Waals surface area contributed by atoms with Crippen molar-refractivity contribution in [3.8, 4) is 11.5 Å². The Morgan fingerprint density at radius 1 is 1.25 bits per heavy atom. The number of rotatable bonds is 8. The van der Waals surface area contributed by atoms with Gasteiger partial charge in [0, 0.05) is 18.2 Å². The Balaban J connectivity index is 2.88. The van der Waals surface area contributed by atoms with Gasteiger partial charge >= 0.3 is 6.61 Å². The Morgan fingerprint density at radius 3 is 2.45 bits per heavy atom. The fourth-order valence-electron chi connectivity index (χ4n) is 2.18. The van der Waals surface area contributed by atoms with Gasteiger partial charge in [-0.1, -0.05) is 32.9 Å². The summed E-state index contributed by atoms with van der Waals surface area (Å²) >= 11 is 0. The maximum absolute atomic E-state index is 12.5. The van der Waals surface area contributed by atoms with Crippen molar-refractivity contribution in [3.05, 3.63) is 23.8 Å². The maximum atomic E-state index is 12.5. The number of para-hydroxylation sites is 1. The fraction of sp³-hybridized carbons (Fsp3) is 0.600. The third-order valence-electron chi connectivity index (χ3n) is 3.29. The number of nitrogens with one attached hydrogen (secondary N) is 1. The minimum absolute atomic E-state index is 0.108. The van der Waals surface area contributed by atoms with Gasteiger partial charge in [-0.25, -0.2) is 0 Å². The molecule has 0 spiro atoms. The van der Waals surface area contributed by atoms with Gasteiger partial charge < -0.3 is 14.8 Å². The van der Waals surface area contributed by atoms with E-state index >= 15 is 0 Å². The van der Waals surface area contributed by atoms with Crippen LogP contribution in [-0.4, -0.2) is 19.8 Å². The van der Waals surface area contributed by atoms with E-state index in [0.29, 0.717) is 29.8 Å². The molecule has 0 amide bonds. The summed E-state index contributed by atoms with van der Waals surface area (Å²) in [6.45, 7) is 3.96. The Hall–Kier alpha value is -1.36. The molecule has 0 aliphatic heterocycles. The molecule has 0 aliphatic carbocycles. The molecule has 114 valence electrons. The van der Waals surface area contributed by atoms with E-state index in [1.54, 1.807) is 18.2 Å². The molecule has 1 aromatic carbocycles. The summed E-state index contributed by atoms with van der Waals surface area (Å²) in [4.78, 5) is 0. The second kappa shape index (κ2) is 8.04. The molecule has 0 saturated carbocycles. The summed E-state index contributed by atoms with van der Waals surface area (Å²) in [6.07, 6.45) is 0.979. The van der Waals surface area contributed by atoms with Crippen LogP contribution >= 0.6 is 0 Å². The molecule has 0 bridgehead atoms. The lowest BCUT2D eigenvalue weighted by Crippen LogP contribution is -2.32. The van der Waals surface area contributed by atoms with E-state index in [9.17, 15) is 8.78 Å². The van der Waals surface area contributed by atoms with Crippen LogP contribution in [0.2, 0.25) is 0 Å². The first-order valence-corrected chi connectivity index (χ1v) is 6.83. The van der Waals surface area contributed by atoms with Crippen LogP contribution in [-0.2, 0) is 6.54 Å². The molecule has 0 aromatic heterocycles. The quantitative estimate of drug-likeness (QED) is 0.788. The van der Waals surface area contributed by atoms with Gasteiger partial charge in [-0.3, -0.25) is 0 Å². The van der Waals surface area contributed by atoms with Gasteiger partial charge in [-0.2, -0.15) is 8.78 Å². The number of halogens is 2. The van der Waals surface area contributed by atoms with E-state index in [-0.39, 0.29) is 5.75 Å². The average molecular weight is 287 g/mol. The zero-order chi connectivity index (χ0) is 15.1. The summed E-state index contributed by atoms with van der Waals surface area (Å²) in [5.41, 5.74) is 0.670. The standard InChI is InChI=1S/C15H23F2NO2/c1-5-12(10(2)3)18-9-11-7-6-8-13(19-4)14(11)20-15(16)17/h6-8,10,12,15,18H,5,9H2,1-4H3/t12-/m1/s1. The fourth-order valence-corrected chi connectivity index (χ4v) is 2.18. The van der Waals surface area contributed by atoms with Crippen molar-refractivity contribution >= 4 is 0 Å². The number of hydrogen-bond donors (Lipinski definition) is 1. The molecule has 1 rings (SSSR count). The van der Waals surface area contributed by atoms with Crippen molar-refractivity contribution in [2.45, 2.75) is 46.4 Å². The van der Waals surface area contributed by atoms with Gasteiger partial charge in [0.2, 0.25) is 0 Å². The van der Waals surface area contributed by atoms with Crippen LogP contribution in [0.15, 0.2) is 18.2 Å². The van der Waals surface area contributed by atoms with E-state index in [4.69, 9.17) is 4.74 Å². The first-order valence-electron chi connectivity index (χ1n) is 6.83. The first-order chi connectivity index (χ1) is 9.49. The normalized spacial score (nSPS) is 12.8. The highest BCUT2D eigenvalue weighted by Gasteiger charge is 2.17. The zero-order valence-corrected chi connectivity index (χ0v) is 12.5. The smallest absolute Gasteiger partial charge is 0.387 e. The van der Waals surface area contributed by atoms with Crippen LogP contribution < -0.4 is 14.8 Å². The number of benzene rings is 1. The summed E-state index contributed by atoms with van der Waals surface area (Å²) < 4.78 is 34.7. The van der Waals surface area contributed by atoms with Gasteiger partial charge in [-0.05, 0) is 18.4 Å². The Morgan fingerprint density at radius 2 is 1.95 bits per heavy atom. The van der Waals surface area contributed by atoms with E-state index < -0.39 is 6.61 Å². The van der Waals surface area contributed by atoms with Gasteiger partial charge in [0.1, 0.15) is 0 Å². The van der Waals surface area contributed by atoms with Gasteiger partial charge in [0.05, 0.1) is 7.11 Å². The number of hydrogen-bond acceptors (Lipinski definition) is 3. The summed E-state index contributed by atoms with van der Waals surface area (Å²) in [5, 5.41) is 3.37. The molecule has 0 aliphatic rings. The molecule has 1 atom stereocenters. The van der Waals surface area contributed by atoms with E-state index in [1.807, 2.05) is 0 Å². The lowest BCUT2D eigenvalue weighted by Gasteiger charge is -2.22. The molecule has 0 fully saturated rings. The lowest BCUT2D eigenvalue weighted by atomic mass is 10.0. The van der Waals surface area contributed by atoms with Gasteiger partial charge in [0.25, 0.3) is 0 Å². The molecule has 0 saturated heterocycles. The second-order valence-electron chi connectivity index (χ2n) is 4.97. The van der Waals surface area contributed by atoms with Crippen molar-refractivity contribution < 1.29 is 18.3 Å². The van der Waals surface area contributed by atoms with Crippen LogP contribution in [0.5, 0.6) is 11.5 Å². The van der Waals surface area contributed by atoms with Gasteiger partial charge in [0.15, 0.2) is 11.5 Å². The molecule has 1 aromatic rings. The highest BCUT2D eigenvalue weighted by Crippen LogP contribution is 2.32. The summed E-state index contributed by atoms with van der Waals surface area (Å²) in [5.74, 6) is 0.906. The third kappa shape index (κ3) is 4.63. The number of methoxy groups -OCH3 is 1. The minimum Gasteiger partial charge on any atom is -0.493 e. The third-order valence-corrected chi connectivity index (χ3v) is 3.29. The molecular formula is C15H23F2NO2. The zero-order valence-electron chi connectivity index (χ0n) is 12.5. The Labute approximate surface area is 119 Å². The average Bonchev–Trinajstić information content (AvgIpc) is 2.39. The topological polar surface area (TPSA) is 30.5 Å². The molecule has 1 N–H and O–H groups in total. The minimum atomic E-state index is -2.86. The van der Waals surface area contributed by atoms with Crippen molar-refractivity contribution in [2.24, 2.45) is 5.92 Å². The largest absolute Gasteiger partial charge is 0.493 e. The highest BCUT2D eigenvalue weighted by atomic mass is 19.3. The van der Waals surface area contributed by atoms with Crippen molar-refractivity contribution in [1.82, 2.24) is 5.32 Å². The number of alkyl halides is 2. The highest BCUT2D eigenvalue weighted by molar-refractivity contribution is 5.46.